The minimum atomic E-state index is 0.765. The lowest BCUT2D eigenvalue weighted by Gasteiger charge is -2.22. The highest BCUT2D eigenvalue weighted by molar-refractivity contribution is 4.89. The third kappa shape index (κ3) is 3.78. The topological polar surface area (TPSA) is 52.0 Å². The summed E-state index contributed by atoms with van der Waals surface area (Å²) in [5.41, 5.74) is 0. The van der Waals surface area contributed by atoms with E-state index in [4.69, 9.17) is 4.74 Å². The second kappa shape index (κ2) is 6.71. The van der Waals surface area contributed by atoms with Gasteiger partial charge in [0.1, 0.15) is 12.2 Å². The van der Waals surface area contributed by atoms with Crippen molar-refractivity contribution >= 4 is 0 Å². The molecule has 0 atom stereocenters. The summed E-state index contributed by atoms with van der Waals surface area (Å²) in [4.78, 5) is 0. The van der Waals surface area contributed by atoms with Crippen LogP contribution in [0.25, 0.3) is 0 Å². The summed E-state index contributed by atoms with van der Waals surface area (Å²) < 4.78 is 7.24. The molecular weight excluding hydrogens is 216 g/mol. The third-order valence-corrected chi connectivity index (χ3v) is 3.37. The zero-order valence-corrected chi connectivity index (χ0v) is 10.6. The monoisotopic (exact) mass is 238 g/mol. The van der Waals surface area contributed by atoms with E-state index in [-0.39, 0.29) is 0 Å². The largest absolute Gasteiger partial charge is 0.385 e. The lowest BCUT2D eigenvalue weighted by Crippen LogP contribution is -2.29. The molecule has 0 unspecified atom stereocenters. The number of aryl methyl sites for hydroxylation is 1. The summed E-state index contributed by atoms with van der Waals surface area (Å²) in [5, 5.41) is 11.7. The number of nitrogens with one attached hydrogen (secondary N) is 1. The van der Waals surface area contributed by atoms with Gasteiger partial charge in [0.15, 0.2) is 0 Å². The molecule has 2 heterocycles. The Hall–Kier alpha value is -0.940. The molecule has 1 aliphatic rings. The molecule has 1 saturated heterocycles. The fourth-order valence-corrected chi connectivity index (χ4v) is 2.35. The lowest BCUT2D eigenvalue weighted by atomic mass is 9.94. The molecular formula is C12H22N4O. The van der Waals surface area contributed by atoms with Crippen LogP contribution in [0.5, 0.6) is 0 Å². The number of hydrogen-bond donors (Lipinski definition) is 1. The minimum absolute atomic E-state index is 0.765. The Morgan fingerprint density at radius 1 is 1.47 bits per heavy atom. The van der Waals surface area contributed by atoms with Crippen LogP contribution in [0.1, 0.15) is 25.1 Å². The van der Waals surface area contributed by atoms with Gasteiger partial charge in [-0.3, -0.25) is 0 Å². The maximum absolute atomic E-state index is 5.07. The van der Waals surface area contributed by atoms with Gasteiger partial charge in [-0.15, -0.1) is 10.2 Å². The number of ether oxygens (including phenoxy) is 1. The molecule has 0 radical (unpaired) electrons. The van der Waals surface area contributed by atoms with E-state index in [2.05, 4.69) is 20.1 Å². The van der Waals surface area contributed by atoms with E-state index in [9.17, 15) is 0 Å². The SMILES string of the molecule is COCCCn1cnnc1CC1CCNCC1. The van der Waals surface area contributed by atoms with Crippen molar-refractivity contribution in [1.29, 1.82) is 0 Å². The van der Waals surface area contributed by atoms with Crippen LogP contribution in [0.3, 0.4) is 0 Å². The van der Waals surface area contributed by atoms with Crippen molar-refractivity contribution in [3.8, 4) is 0 Å². The second-order valence-electron chi connectivity index (χ2n) is 4.68. The Kier molecular flexibility index (Phi) is 4.94. The molecule has 5 heteroatoms. The Bertz CT molecular complexity index is 320. The first-order valence-corrected chi connectivity index (χ1v) is 6.46. The Balaban J connectivity index is 1.84. The number of rotatable bonds is 6. The third-order valence-electron chi connectivity index (χ3n) is 3.37. The van der Waals surface area contributed by atoms with Crippen LogP contribution in [0.4, 0.5) is 0 Å². The van der Waals surface area contributed by atoms with Crippen LogP contribution in [-0.4, -0.2) is 41.6 Å². The quantitative estimate of drug-likeness (QED) is 0.747. The van der Waals surface area contributed by atoms with Gasteiger partial charge >= 0.3 is 0 Å². The molecule has 1 N–H and O–H groups in total. The maximum atomic E-state index is 5.07. The highest BCUT2D eigenvalue weighted by Crippen LogP contribution is 2.16. The smallest absolute Gasteiger partial charge is 0.133 e. The molecule has 5 nitrogen and oxygen atoms in total. The van der Waals surface area contributed by atoms with E-state index in [0.29, 0.717) is 0 Å². The van der Waals surface area contributed by atoms with Crippen molar-refractivity contribution in [3.05, 3.63) is 12.2 Å². The normalized spacial score (nSPS) is 17.5. The standard InChI is InChI=1S/C12H22N4O/c1-17-8-2-7-16-10-14-15-12(16)9-11-3-5-13-6-4-11/h10-11,13H,2-9H2,1H3. The summed E-state index contributed by atoms with van der Waals surface area (Å²) in [6.07, 6.45) is 6.43. The number of piperidine rings is 1. The van der Waals surface area contributed by atoms with Gasteiger partial charge in [-0.1, -0.05) is 0 Å². The summed E-state index contributed by atoms with van der Waals surface area (Å²) in [6.45, 7) is 4.04. The molecule has 0 amide bonds. The molecule has 17 heavy (non-hydrogen) atoms. The highest BCUT2D eigenvalue weighted by Gasteiger charge is 2.16. The van der Waals surface area contributed by atoms with Gasteiger partial charge in [0.05, 0.1) is 0 Å². The van der Waals surface area contributed by atoms with E-state index in [1.165, 1.54) is 12.8 Å². The van der Waals surface area contributed by atoms with Crippen LogP contribution in [0.2, 0.25) is 0 Å². The Morgan fingerprint density at radius 2 is 2.29 bits per heavy atom. The van der Waals surface area contributed by atoms with Gasteiger partial charge in [-0.2, -0.15) is 0 Å². The van der Waals surface area contributed by atoms with Crippen molar-refractivity contribution in [2.24, 2.45) is 5.92 Å². The lowest BCUT2D eigenvalue weighted by molar-refractivity contribution is 0.190. The molecule has 1 aromatic heterocycles. The summed E-state index contributed by atoms with van der Waals surface area (Å²) in [6, 6.07) is 0. The van der Waals surface area contributed by atoms with Crippen molar-refractivity contribution in [2.75, 3.05) is 26.8 Å². The molecule has 0 aromatic carbocycles. The maximum Gasteiger partial charge on any atom is 0.133 e. The first kappa shape index (κ1) is 12.5. The predicted octanol–water partition coefficient (Wildman–Crippen LogP) is 0.857. The molecule has 0 bridgehead atoms. The van der Waals surface area contributed by atoms with Gasteiger partial charge in [-0.25, -0.2) is 0 Å². The highest BCUT2D eigenvalue weighted by atomic mass is 16.5. The molecule has 0 saturated carbocycles. The van der Waals surface area contributed by atoms with Crippen molar-refractivity contribution in [1.82, 2.24) is 20.1 Å². The van der Waals surface area contributed by atoms with Crippen molar-refractivity contribution in [3.63, 3.8) is 0 Å². The zero-order valence-electron chi connectivity index (χ0n) is 10.6. The van der Waals surface area contributed by atoms with E-state index in [1.807, 2.05) is 6.33 Å². The zero-order chi connectivity index (χ0) is 11.9. The average Bonchev–Trinajstić information content (AvgIpc) is 2.79. The molecule has 2 rings (SSSR count). The first-order valence-electron chi connectivity index (χ1n) is 6.46. The predicted molar refractivity (Wildman–Crippen MR) is 65.8 cm³/mol. The fraction of sp³-hybridized carbons (Fsp3) is 0.833. The van der Waals surface area contributed by atoms with Gasteiger partial charge in [0.25, 0.3) is 0 Å². The summed E-state index contributed by atoms with van der Waals surface area (Å²) in [5.74, 6) is 1.90. The molecule has 0 spiro atoms. The van der Waals surface area contributed by atoms with Crippen LogP contribution < -0.4 is 5.32 Å². The van der Waals surface area contributed by atoms with Gasteiger partial charge < -0.3 is 14.6 Å². The van der Waals surface area contributed by atoms with Gasteiger partial charge in [0, 0.05) is 26.7 Å². The van der Waals surface area contributed by atoms with Crippen LogP contribution in [0, 0.1) is 5.92 Å². The second-order valence-corrected chi connectivity index (χ2v) is 4.68. The molecule has 0 aliphatic carbocycles. The van der Waals surface area contributed by atoms with E-state index in [0.717, 1.165) is 50.8 Å². The Morgan fingerprint density at radius 3 is 3.06 bits per heavy atom. The van der Waals surface area contributed by atoms with Crippen LogP contribution >= 0.6 is 0 Å². The average molecular weight is 238 g/mol. The summed E-state index contributed by atoms with van der Waals surface area (Å²) >= 11 is 0. The van der Waals surface area contributed by atoms with Crippen molar-refractivity contribution in [2.45, 2.75) is 32.2 Å². The molecule has 1 aliphatic heterocycles. The Labute approximate surface area is 103 Å². The van der Waals surface area contributed by atoms with Gasteiger partial charge in [0.2, 0.25) is 0 Å². The van der Waals surface area contributed by atoms with Crippen LogP contribution in [0.15, 0.2) is 6.33 Å². The first-order chi connectivity index (χ1) is 8.40. The number of nitrogens with zero attached hydrogens (tertiary/aromatic N) is 3. The number of methoxy groups -OCH3 is 1. The molecule has 1 fully saturated rings. The van der Waals surface area contributed by atoms with Crippen LogP contribution in [-0.2, 0) is 17.7 Å². The molecule has 96 valence electrons. The summed E-state index contributed by atoms with van der Waals surface area (Å²) in [7, 11) is 1.74. The van der Waals surface area contributed by atoms with Crippen molar-refractivity contribution < 1.29 is 4.74 Å². The van der Waals surface area contributed by atoms with E-state index in [1.54, 1.807) is 7.11 Å². The minimum Gasteiger partial charge on any atom is -0.385 e. The molecule has 1 aromatic rings. The fourth-order valence-electron chi connectivity index (χ4n) is 2.35. The number of hydrogen-bond acceptors (Lipinski definition) is 4. The number of aromatic nitrogens is 3. The van der Waals surface area contributed by atoms with E-state index >= 15 is 0 Å². The van der Waals surface area contributed by atoms with E-state index < -0.39 is 0 Å². The van der Waals surface area contributed by atoms with Gasteiger partial charge in [-0.05, 0) is 38.3 Å².